The Kier molecular flexibility index (Phi) is 9.79. The van der Waals surface area contributed by atoms with Gasteiger partial charge < -0.3 is 25.0 Å². The lowest BCUT2D eigenvalue weighted by Crippen LogP contribution is -2.52. The number of carbonyl (C=O) groups is 3. The van der Waals surface area contributed by atoms with Crippen molar-refractivity contribution in [3.05, 3.63) is 89.6 Å². The number of imide groups is 1. The molecule has 3 N–H and O–H groups in total. The molecule has 2 aliphatic rings. The molecule has 4 heterocycles. The van der Waals surface area contributed by atoms with E-state index in [0.717, 1.165) is 22.0 Å². The fourth-order valence-corrected chi connectivity index (χ4v) is 7.28. The number of nitrogens with one attached hydrogen (secondary N) is 3. The van der Waals surface area contributed by atoms with Crippen LogP contribution in [0.25, 0.3) is 31.9 Å². The second kappa shape index (κ2) is 14.6. The molecule has 3 aromatic carbocycles. The van der Waals surface area contributed by atoms with Crippen LogP contribution < -0.4 is 20.7 Å². The SMILES string of the molecule is CNc1ccc(-c2ccc(-c3nc4ccc(NCCOCCOc5ccc6c(c5)CN(C5CCC(=O)NC5=O)C6=O)cc4s3)c(C(F)(F)F)c2)cn1. The smallest absolute Gasteiger partial charge is 0.417 e. The van der Waals surface area contributed by atoms with Crippen molar-refractivity contribution in [3.8, 4) is 27.4 Å². The van der Waals surface area contributed by atoms with Gasteiger partial charge in [-0.15, -0.1) is 11.3 Å². The maximum Gasteiger partial charge on any atom is 0.417 e. The summed E-state index contributed by atoms with van der Waals surface area (Å²) in [5, 5.41) is 8.74. The molecule has 1 fully saturated rings. The number of fused-ring (bicyclic) bond motifs is 2. The summed E-state index contributed by atoms with van der Waals surface area (Å²) in [6, 6.07) is 17.6. The summed E-state index contributed by atoms with van der Waals surface area (Å²) in [7, 11) is 1.72. The molecule has 0 aliphatic carbocycles. The first-order chi connectivity index (χ1) is 25.1. The number of benzene rings is 3. The molecule has 15 heteroatoms. The van der Waals surface area contributed by atoms with Gasteiger partial charge in [-0.1, -0.05) is 12.1 Å². The second-order valence-electron chi connectivity index (χ2n) is 12.2. The zero-order chi connectivity index (χ0) is 36.4. The Morgan fingerprint density at radius 3 is 2.56 bits per heavy atom. The third kappa shape index (κ3) is 7.41. The highest BCUT2D eigenvalue weighted by atomic mass is 32.1. The quantitative estimate of drug-likeness (QED) is 0.0992. The van der Waals surface area contributed by atoms with Crippen molar-refractivity contribution in [2.45, 2.75) is 31.6 Å². The Morgan fingerprint density at radius 2 is 1.79 bits per heavy atom. The van der Waals surface area contributed by atoms with E-state index in [9.17, 15) is 27.6 Å². The molecule has 1 unspecified atom stereocenters. The first-order valence-corrected chi connectivity index (χ1v) is 17.4. The van der Waals surface area contributed by atoms with Crippen molar-refractivity contribution in [1.82, 2.24) is 20.2 Å². The van der Waals surface area contributed by atoms with Crippen molar-refractivity contribution in [2.75, 3.05) is 44.0 Å². The molecule has 268 valence electrons. The highest BCUT2D eigenvalue weighted by molar-refractivity contribution is 7.21. The van der Waals surface area contributed by atoms with E-state index >= 15 is 0 Å². The van der Waals surface area contributed by atoms with Crippen LogP contribution in [0.3, 0.4) is 0 Å². The van der Waals surface area contributed by atoms with E-state index in [1.54, 1.807) is 49.5 Å². The van der Waals surface area contributed by atoms with E-state index in [4.69, 9.17) is 9.47 Å². The van der Waals surface area contributed by atoms with Crippen molar-refractivity contribution >= 4 is 50.8 Å². The van der Waals surface area contributed by atoms with Gasteiger partial charge >= 0.3 is 6.18 Å². The highest BCUT2D eigenvalue weighted by Crippen LogP contribution is 2.42. The predicted octanol–water partition coefficient (Wildman–Crippen LogP) is 6.35. The van der Waals surface area contributed by atoms with Crippen molar-refractivity contribution in [2.24, 2.45) is 0 Å². The minimum atomic E-state index is -4.58. The number of alkyl halides is 3. The molecule has 0 spiro atoms. The number of rotatable bonds is 12. The summed E-state index contributed by atoms with van der Waals surface area (Å²) in [5.41, 5.74) is 2.89. The summed E-state index contributed by atoms with van der Waals surface area (Å²) in [6.45, 7) is 1.72. The lowest BCUT2D eigenvalue weighted by atomic mass is 10.00. The average Bonchev–Trinajstić information content (AvgIpc) is 3.70. The van der Waals surface area contributed by atoms with Gasteiger partial charge in [0.1, 0.15) is 29.2 Å². The number of amides is 3. The Bertz CT molecular complexity index is 2160. The lowest BCUT2D eigenvalue weighted by Gasteiger charge is -2.29. The molecule has 2 aromatic heterocycles. The van der Waals surface area contributed by atoms with Gasteiger partial charge in [-0.05, 0) is 72.1 Å². The van der Waals surface area contributed by atoms with Crippen molar-refractivity contribution in [3.63, 3.8) is 0 Å². The lowest BCUT2D eigenvalue weighted by molar-refractivity contribution is -0.138. The van der Waals surface area contributed by atoms with Crippen molar-refractivity contribution in [1.29, 1.82) is 0 Å². The third-order valence-corrected chi connectivity index (χ3v) is 9.92. The number of anilines is 2. The zero-order valence-corrected chi connectivity index (χ0v) is 28.7. The fraction of sp³-hybridized carbons (Fsp3) is 0.270. The number of piperidine rings is 1. The van der Waals surface area contributed by atoms with Gasteiger partial charge in [-0.25, -0.2) is 9.97 Å². The van der Waals surface area contributed by atoms with Crippen LogP contribution in [0.15, 0.2) is 72.9 Å². The molecule has 52 heavy (non-hydrogen) atoms. The summed E-state index contributed by atoms with van der Waals surface area (Å²) in [5.74, 6) is 0.168. The molecule has 5 aromatic rings. The summed E-state index contributed by atoms with van der Waals surface area (Å²) >= 11 is 1.19. The summed E-state index contributed by atoms with van der Waals surface area (Å²) < 4.78 is 55.0. The second-order valence-corrected chi connectivity index (χ2v) is 13.3. The van der Waals surface area contributed by atoms with E-state index in [-0.39, 0.29) is 42.0 Å². The first-order valence-electron chi connectivity index (χ1n) is 16.6. The van der Waals surface area contributed by atoms with Gasteiger partial charge in [0, 0.05) is 55.1 Å². The van der Waals surface area contributed by atoms with Crippen molar-refractivity contribution < 1.29 is 37.0 Å². The number of halogens is 3. The van der Waals surface area contributed by atoms with E-state index in [1.807, 2.05) is 12.1 Å². The van der Waals surface area contributed by atoms with Gasteiger partial charge in [0.25, 0.3) is 5.91 Å². The molecule has 11 nitrogen and oxygen atoms in total. The standard InChI is InChI=1S/C37H33F3N6O5S/c1-41-32-10-3-22(19-43-32)21-2-6-27(28(17-21)37(38,39)40)35-44-29-8-4-24(18-31(29)52-35)42-12-13-50-14-15-51-25-5-7-26-23(16-25)20-46(36(26)49)30-9-11-33(47)45-34(30)48/h2-8,10,16-19,30,42H,9,11-15,20H2,1H3,(H,41,43)(H,45,47,48). The van der Waals surface area contributed by atoms with Crippen LogP contribution in [0.4, 0.5) is 24.7 Å². The molecule has 1 saturated heterocycles. The monoisotopic (exact) mass is 730 g/mol. The van der Waals surface area contributed by atoms with Crippen LogP contribution in [0, 0.1) is 0 Å². The number of ether oxygens (including phenoxy) is 2. The Balaban J connectivity index is 0.902. The molecule has 0 radical (unpaired) electrons. The average molecular weight is 731 g/mol. The minimum absolute atomic E-state index is 0.0185. The van der Waals surface area contributed by atoms with Gasteiger partial charge in [0.15, 0.2) is 0 Å². The predicted molar refractivity (Wildman–Crippen MR) is 190 cm³/mol. The molecule has 2 aliphatic heterocycles. The Labute approximate surface area is 300 Å². The Hall–Kier alpha value is -5.54. The topological polar surface area (TPSA) is 135 Å². The Morgan fingerprint density at radius 1 is 0.962 bits per heavy atom. The first kappa shape index (κ1) is 34.9. The van der Waals surface area contributed by atoms with Crippen LogP contribution in [0.1, 0.15) is 34.3 Å². The molecule has 1 atom stereocenters. The number of pyridine rings is 1. The van der Waals surface area contributed by atoms with E-state index in [2.05, 4.69) is 25.9 Å². The number of aromatic nitrogens is 2. The number of thiazole rings is 1. The number of hydrogen-bond acceptors (Lipinski definition) is 10. The van der Waals surface area contributed by atoms with E-state index in [1.165, 1.54) is 28.5 Å². The van der Waals surface area contributed by atoms with Crippen LogP contribution in [-0.2, 0) is 27.0 Å². The summed E-state index contributed by atoms with van der Waals surface area (Å²) in [4.78, 5) is 46.9. The number of nitrogens with zero attached hydrogens (tertiary/aromatic N) is 3. The van der Waals surface area contributed by atoms with Gasteiger partial charge in [-0.2, -0.15) is 13.2 Å². The number of hydrogen-bond donors (Lipinski definition) is 3. The van der Waals surface area contributed by atoms with Gasteiger partial charge in [0.05, 0.1) is 29.0 Å². The molecular formula is C37H33F3N6O5S. The maximum atomic E-state index is 14.2. The fourth-order valence-electron chi connectivity index (χ4n) is 6.24. The third-order valence-electron chi connectivity index (χ3n) is 8.86. The van der Waals surface area contributed by atoms with E-state index in [0.29, 0.717) is 60.0 Å². The molecule has 0 saturated carbocycles. The van der Waals surface area contributed by atoms with Crippen LogP contribution in [-0.4, -0.2) is 72.0 Å². The van der Waals surface area contributed by atoms with Crippen LogP contribution >= 0.6 is 11.3 Å². The summed E-state index contributed by atoms with van der Waals surface area (Å²) in [6.07, 6.45) is -2.55. The normalized spacial score (nSPS) is 15.9. The minimum Gasteiger partial charge on any atom is -0.491 e. The maximum absolute atomic E-state index is 14.2. The molecule has 3 amide bonds. The highest BCUT2D eigenvalue weighted by Gasteiger charge is 2.39. The van der Waals surface area contributed by atoms with E-state index < -0.39 is 23.7 Å². The zero-order valence-electron chi connectivity index (χ0n) is 27.9. The van der Waals surface area contributed by atoms with Gasteiger partial charge in [0.2, 0.25) is 11.8 Å². The molecule has 0 bridgehead atoms. The van der Waals surface area contributed by atoms with Crippen LogP contribution in [0.5, 0.6) is 5.75 Å². The van der Waals surface area contributed by atoms with Crippen LogP contribution in [0.2, 0.25) is 0 Å². The van der Waals surface area contributed by atoms with Gasteiger partial charge in [-0.3, -0.25) is 19.7 Å². The molecule has 7 rings (SSSR count). The number of carbonyl (C=O) groups excluding carboxylic acids is 3. The molecular weight excluding hydrogens is 698 g/mol. The largest absolute Gasteiger partial charge is 0.491 e.